The molecule has 0 aromatic heterocycles. The van der Waals surface area contributed by atoms with Gasteiger partial charge in [0, 0.05) is 6.08 Å². The Kier molecular flexibility index (Phi) is 2.48. The Morgan fingerprint density at radius 2 is 1.92 bits per heavy atom. The van der Waals surface area contributed by atoms with Crippen LogP contribution >= 0.6 is 0 Å². The quantitative estimate of drug-likeness (QED) is 0.472. The maximum atomic E-state index is 11.1. The van der Waals surface area contributed by atoms with Crippen LogP contribution in [-0.4, -0.2) is 11.1 Å². The molecule has 0 radical (unpaired) electrons. The van der Waals surface area contributed by atoms with Crippen LogP contribution < -0.4 is 5.11 Å². The van der Waals surface area contributed by atoms with Crippen molar-refractivity contribution in [3.63, 3.8) is 0 Å². The van der Waals surface area contributed by atoms with Crippen LogP contribution in [0.3, 0.4) is 0 Å². The first kappa shape index (κ1) is 8.33. The topological polar surface area (TPSA) is 60.4 Å². The molecule has 0 fully saturated rings. The predicted octanol–water partition coefficient (Wildman–Crippen LogP) is 0.368. The third-order valence-corrected chi connectivity index (χ3v) is 1.32. The van der Waals surface area contributed by atoms with Crippen LogP contribution in [0, 0.1) is 0 Å². The third-order valence-electron chi connectivity index (χ3n) is 1.32. The van der Waals surface area contributed by atoms with Gasteiger partial charge in [-0.25, -0.2) is 4.79 Å². The summed E-state index contributed by atoms with van der Waals surface area (Å²) in [5.74, 6) is -1.41. The molecule has 0 heterocycles. The standard InChI is InChI=1S/C9H8O3/c10-8(5-6-9(11)12)7-3-1-2-4-7/h1-6,10H,(H,11,12)/p-1. The summed E-state index contributed by atoms with van der Waals surface area (Å²) in [7, 11) is 0. The van der Waals surface area contributed by atoms with Crippen molar-refractivity contribution < 1.29 is 15.0 Å². The molecule has 0 aromatic carbocycles. The SMILES string of the molecule is O=C(O)C=CC([O-])=C1C=CC=C1. The van der Waals surface area contributed by atoms with E-state index in [2.05, 4.69) is 0 Å². The van der Waals surface area contributed by atoms with Gasteiger partial charge in [-0.05, 0) is 5.57 Å². The van der Waals surface area contributed by atoms with Gasteiger partial charge in [0.25, 0.3) is 0 Å². The minimum Gasteiger partial charge on any atom is -0.872 e. The molecule has 0 aromatic rings. The second kappa shape index (κ2) is 3.57. The second-order valence-electron chi connectivity index (χ2n) is 2.21. The lowest BCUT2D eigenvalue weighted by Crippen LogP contribution is -2.03. The fourth-order valence-electron chi connectivity index (χ4n) is 0.781. The van der Waals surface area contributed by atoms with Gasteiger partial charge < -0.3 is 10.2 Å². The molecule has 12 heavy (non-hydrogen) atoms. The van der Waals surface area contributed by atoms with Crippen molar-refractivity contribution in [2.75, 3.05) is 0 Å². The molecule has 0 aliphatic heterocycles. The van der Waals surface area contributed by atoms with Gasteiger partial charge in [0.1, 0.15) is 0 Å². The van der Waals surface area contributed by atoms with Crippen LogP contribution in [0.15, 0.2) is 47.8 Å². The van der Waals surface area contributed by atoms with Gasteiger partial charge >= 0.3 is 5.97 Å². The lowest BCUT2D eigenvalue weighted by molar-refractivity contribution is -0.295. The van der Waals surface area contributed by atoms with Crippen molar-refractivity contribution >= 4 is 5.97 Å². The number of hydrogen-bond donors (Lipinski definition) is 1. The molecule has 1 N–H and O–H groups in total. The van der Waals surface area contributed by atoms with Crippen LogP contribution in [-0.2, 0) is 4.79 Å². The van der Waals surface area contributed by atoms with Crippen molar-refractivity contribution in [2.45, 2.75) is 0 Å². The maximum Gasteiger partial charge on any atom is 0.328 e. The van der Waals surface area contributed by atoms with Gasteiger partial charge in [-0.2, -0.15) is 0 Å². The summed E-state index contributed by atoms with van der Waals surface area (Å²) in [5.41, 5.74) is 0.507. The smallest absolute Gasteiger partial charge is 0.328 e. The minimum absolute atomic E-state index is 0.289. The van der Waals surface area contributed by atoms with Gasteiger partial charge in [-0.3, -0.25) is 0 Å². The number of rotatable bonds is 2. The summed E-state index contributed by atoms with van der Waals surface area (Å²) in [5, 5.41) is 19.3. The largest absolute Gasteiger partial charge is 0.872 e. The van der Waals surface area contributed by atoms with Crippen molar-refractivity contribution in [1.29, 1.82) is 0 Å². The molecule has 0 unspecified atom stereocenters. The molecule has 0 saturated heterocycles. The summed E-state index contributed by atoms with van der Waals surface area (Å²) in [4.78, 5) is 10.0. The van der Waals surface area contributed by atoms with E-state index in [1.54, 1.807) is 24.3 Å². The first-order chi connectivity index (χ1) is 5.70. The van der Waals surface area contributed by atoms with E-state index >= 15 is 0 Å². The first-order valence-electron chi connectivity index (χ1n) is 3.37. The number of allylic oxidation sites excluding steroid dienone is 6. The second-order valence-corrected chi connectivity index (χ2v) is 2.21. The molecule has 0 spiro atoms. The number of carboxylic acid groups (broad SMARTS) is 1. The Morgan fingerprint density at radius 3 is 2.42 bits per heavy atom. The summed E-state index contributed by atoms with van der Waals surface area (Å²) < 4.78 is 0. The Bertz CT molecular complexity index is 292. The summed E-state index contributed by atoms with van der Waals surface area (Å²) in [6, 6.07) is 0. The molecule has 1 aliphatic carbocycles. The molecule has 0 bridgehead atoms. The molecular weight excluding hydrogens is 156 g/mol. The van der Waals surface area contributed by atoms with Gasteiger partial charge in [-0.15, -0.1) is 5.76 Å². The Morgan fingerprint density at radius 1 is 1.33 bits per heavy atom. The van der Waals surface area contributed by atoms with E-state index < -0.39 is 5.97 Å². The zero-order chi connectivity index (χ0) is 8.97. The summed E-state index contributed by atoms with van der Waals surface area (Å²) in [6.07, 6.45) is 8.58. The normalized spacial score (nSPS) is 14.5. The molecule has 0 atom stereocenters. The zero-order valence-corrected chi connectivity index (χ0v) is 6.23. The van der Waals surface area contributed by atoms with Gasteiger partial charge in [0.2, 0.25) is 0 Å². The molecule has 1 rings (SSSR count). The number of aliphatic carboxylic acids is 1. The van der Waals surface area contributed by atoms with Crippen molar-refractivity contribution in [2.24, 2.45) is 0 Å². The molecule has 62 valence electrons. The minimum atomic E-state index is -1.12. The van der Waals surface area contributed by atoms with Crippen LogP contribution in [0.2, 0.25) is 0 Å². The van der Waals surface area contributed by atoms with E-state index in [0.29, 0.717) is 5.57 Å². The van der Waals surface area contributed by atoms with E-state index in [1.807, 2.05) is 0 Å². The highest BCUT2D eigenvalue weighted by Crippen LogP contribution is 2.09. The van der Waals surface area contributed by atoms with E-state index in [1.165, 1.54) is 0 Å². The third kappa shape index (κ3) is 2.12. The monoisotopic (exact) mass is 163 g/mol. The van der Waals surface area contributed by atoms with Crippen LogP contribution in [0.4, 0.5) is 0 Å². The Hall–Kier alpha value is -1.77. The van der Waals surface area contributed by atoms with E-state index in [-0.39, 0.29) is 5.76 Å². The van der Waals surface area contributed by atoms with E-state index in [4.69, 9.17) is 5.11 Å². The zero-order valence-electron chi connectivity index (χ0n) is 6.23. The fraction of sp³-hybridized carbons (Fsp3) is 0. The van der Waals surface area contributed by atoms with Crippen molar-refractivity contribution in [1.82, 2.24) is 0 Å². The van der Waals surface area contributed by atoms with E-state index in [9.17, 15) is 9.90 Å². The van der Waals surface area contributed by atoms with Crippen molar-refractivity contribution in [3.8, 4) is 0 Å². The molecule has 0 saturated carbocycles. The average molecular weight is 163 g/mol. The van der Waals surface area contributed by atoms with Gasteiger partial charge in [0.15, 0.2) is 0 Å². The summed E-state index contributed by atoms with van der Waals surface area (Å²) in [6.45, 7) is 0. The van der Waals surface area contributed by atoms with Crippen LogP contribution in [0.5, 0.6) is 0 Å². The lowest BCUT2D eigenvalue weighted by atomic mass is 10.2. The number of carbonyl (C=O) groups is 1. The molecular formula is C9H7O3-. The number of hydrogen-bond acceptors (Lipinski definition) is 2. The fourth-order valence-corrected chi connectivity index (χ4v) is 0.781. The first-order valence-corrected chi connectivity index (χ1v) is 3.37. The highest BCUT2D eigenvalue weighted by atomic mass is 16.4. The molecule has 3 heteroatoms. The van der Waals surface area contributed by atoms with Crippen LogP contribution in [0.1, 0.15) is 0 Å². The maximum absolute atomic E-state index is 11.1. The molecule has 1 aliphatic rings. The van der Waals surface area contributed by atoms with Crippen molar-refractivity contribution in [3.05, 3.63) is 47.8 Å². The Balaban J connectivity index is 2.76. The predicted molar refractivity (Wildman–Crippen MR) is 42.1 cm³/mol. The number of carboxylic acids is 1. The van der Waals surface area contributed by atoms with Crippen LogP contribution in [0.25, 0.3) is 0 Å². The molecule has 0 amide bonds. The van der Waals surface area contributed by atoms with Gasteiger partial charge in [0.05, 0.1) is 0 Å². The van der Waals surface area contributed by atoms with Gasteiger partial charge in [-0.1, -0.05) is 30.4 Å². The Labute approximate surface area is 69.6 Å². The highest BCUT2D eigenvalue weighted by Gasteiger charge is 1.91. The van der Waals surface area contributed by atoms with E-state index in [0.717, 1.165) is 12.2 Å². The lowest BCUT2D eigenvalue weighted by Gasteiger charge is -2.07. The molecule has 3 nitrogen and oxygen atoms in total. The summed E-state index contributed by atoms with van der Waals surface area (Å²) >= 11 is 0. The highest BCUT2D eigenvalue weighted by molar-refractivity contribution is 5.80. The average Bonchev–Trinajstić information content (AvgIpc) is 2.51.